The fourth-order valence-corrected chi connectivity index (χ4v) is 5.27. The number of rotatable bonds is 2. The molecule has 2 aliphatic rings. The Morgan fingerprint density at radius 2 is 2.25 bits per heavy atom. The van der Waals surface area contributed by atoms with Crippen LogP contribution in [0.1, 0.15) is 28.5 Å². The molecule has 2 aliphatic heterocycles. The predicted octanol–water partition coefficient (Wildman–Crippen LogP) is 2.40. The SMILES string of the molecule is O=C(O)C1CCCN(C(=O)C2SCCc3sccc32)C1. The number of aryl methyl sites for hydroxylation is 1. The maximum Gasteiger partial charge on any atom is 0.308 e. The number of hydrogen-bond donors (Lipinski definition) is 1. The van der Waals surface area contributed by atoms with Crippen molar-refractivity contribution in [3.05, 3.63) is 21.9 Å². The molecule has 1 aromatic rings. The Kier molecular flexibility index (Phi) is 4.03. The van der Waals surface area contributed by atoms with Crippen molar-refractivity contribution >= 4 is 35.0 Å². The maximum absolute atomic E-state index is 12.7. The highest BCUT2D eigenvalue weighted by atomic mass is 32.2. The van der Waals surface area contributed by atoms with Crippen LogP contribution < -0.4 is 0 Å². The Bertz CT molecular complexity index is 528. The van der Waals surface area contributed by atoms with Gasteiger partial charge < -0.3 is 10.0 Å². The van der Waals surface area contributed by atoms with Crippen LogP contribution in [0.2, 0.25) is 0 Å². The molecule has 0 saturated carbocycles. The number of likely N-dealkylation sites (tertiary alicyclic amines) is 1. The highest BCUT2D eigenvalue weighted by Gasteiger charge is 2.35. The Labute approximate surface area is 126 Å². The van der Waals surface area contributed by atoms with E-state index in [2.05, 4.69) is 0 Å². The second kappa shape index (κ2) is 5.77. The molecule has 0 aromatic carbocycles. The summed E-state index contributed by atoms with van der Waals surface area (Å²) in [4.78, 5) is 26.9. The molecule has 20 heavy (non-hydrogen) atoms. The van der Waals surface area contributed by atoms with Crippen LogP contribution in [0.25, 0.3) is 0 Å². The summed E-state index contributed by atoms with van der Waals surface area (Å²) < 4.78 is 0. The van der Waals surface area contributed by atoms with Crippen molar-refractivity contribution in [2.24, 2.45) is 5.92 Å². The van der Waals surface area contributed by atoms with Crippen molar-refractivity contribution in [3.63, 3.8) is 0 Å². The van der Waals surface area contributed by atoms with Crippen molar-refractivity contribution in [1.29, 1.82) is 0 Å². The molecule has 6 heteroatoms. The number of carboxylic acids is 1. The summed E-state index contributed by atoms with van der Waals surface area (Å²) in [5, 5.41) is 11.1. The average molecular weight is 311 g/mol. The number of carbonyl (C=O) groups excluding carboxylic acids is 1. The highest BCUT2D eigenvalue weighted by Crippen LogP contribution is 2.40. The lowest BCUT2D eigenvalue weighted by molar-refractivity contribution is -0.145. The van der Waals surface area contributed by atoms with Crippen LogP contribution in [-0.2, 0) is 16.0 Å². The Morgan fingerprint density at radius 1 is 1.40 bits per heavy atom. The number of amides is 1. The molecule has 0 spiro atoms. The lowest BCUT2D eigenvalue weighted by Gasteiger charge is -2.34. The van der Waals surface area contributed by atoms with Gasteiger partial charge in [0.1, 0.15) is 5.25 Å². The normalized spacial score (nSPS) is 26.1. The molecule has 1 amide bonds. The van der Waals surface area contributed by atoms with E-state index in [1.807, 2.05) is 11.4 Å². The van der Waals surface area contributed by atoms with Gasteiger partial charge >= 0.3 is 5.97 Å². The van der Waals surface area contributed by atoms with Gasteiger partial charge in [-0.15, -0.1) is 23.1 Å². The van der Waals surface area contributed by atoms with Crippen LogP contribution in [0.3, 0.4) is 0 Å². The molecule has 0 radical (unpaired) electrons. The molecule has 2 atom stereocenters. The summed E-state index contributed by atoms with van der Waals surface area (Å²) >= 11 is 3.41. The monoisotopic (exact) mass is 311 g/mol. The molecule has 1 aromatic heterocycles. The van der Waals surface area contributed by atoms with Crippen LogP contribution in [-0.4, -0.2) is 40.7 Å². The second-order valence-electron chi connectivity index (χ2n) is 5.26. The molecule has 0 aliphatic carbocycles. The van der Waals surface area contributed by atoms with E-state index < -0.39 is 11.9 Å². The van der Waals surface area contributed by atoms with Gasteiger partial charge in [-0.1, -0.05) is 0 Å². The van der Waals surface area contributed by atoms with Gasteiger partial charge in [0, 0.05) is 18.0 Å². The van der Waals surface area contributed by atoms with E-state index in [1.54, 1.807) is 28.0 Å². The second-order valence-corrected chi connectivity index (χ2v) is 7.48. The zero-order chi connectivity index (χ0) is 14.1. The number of fused-ring (bicyclic) bond motifs is 1. The van der Waals surface area contributed by atoms with E-state index in [0.717, 1.165) is 24.2 Å². The van der Waals surface area contributed by atoms with Gasteiger partial charge in [-0.2, -0.15) is 0 Å². The number of nitrogens with zero attached hydrogens (tertiary/aromatic N) is 1. The van der Waals surface area contributed by atoms with Crippen LogP contribution >= 0.6 is 23.1 Å². The Hall–Kier alpha value is -1.01. The van der Waals surface area contributed by atoms with Crippen LogP contribution in [0.5, 0.6) is 0 Å². The third-order valence-electron chi connectivity index (χ3n) is 3.98. The summed E-state index contributed by atoms with van der Waals surface area (Å²) in [7, 11) is 0. The smallest absolute Gasteiger partial charge is 0.308 e. The van der Waals surface area contributed by atoms with Crippen LogP contribution in [0, 0.1) is 5.92 Å². The molecule has 2 unspecified atom stereocenters. The van der Waals surface area contributed by atoms with E-state index in [9.17, 15) is 9.59 Å². The zero-order valence-corrected chi connectivity index (χ0v) is 12.7. The van der Waals surface area contributed by atoms with Gasteiger partial charge in [-0.25, -0.2) is 0 Å². The number of piperidine rings is 1. The van der Waals surface area contributed by atoms with Crippen LogP contribution in [0.15, 0.2) is 11.4 Å². The van der Waals surface area contributed by atoms with Gasteiger partial charge in [0.2, 0.25) is 5.91 Å². The molecule has 3 heterocycles. The van der Waals surface area contributed by atoms with E-state index in [4.69, 9.17) is 5.11 Å². The van der Waals surface area contributed by atoms with Crippen molar-refractivity contribution in [3.8, 4) is 0 Å². The molecular weight excluding hydrogens is 294 g/mol. The highest BCUT2D eigenvalue weighted by molar-refractivity contribution is 8.00. The van der Waals surface area contributed by atoms with E-state index in [1.165, 1.54) is 4.88 Å². The van der Waals surface area contributed by atoms with Gasteiger partial charge in [-0.05, 0) is 42.0 Å². The molecule has 1 N–H and O–H groups in total. The maximum atomic E-state index is 12.7. The average Bonchev–Trinajstić information content (AvgIpc) is 2.95. The summed E-state index contributed by atoms with van der Waals surface area (Å²) in [6.07, 6.45) is 2.51. The molecule has 1 saturated heterocycles. The molecule has 108 valence electrons. The standard InChI is InChI=1S/C14H17NO3S2/c16-13(15-5-1-2-9(8-15)14(17)18)12-10-3-6-19-11(10)4-7-20-12/h3,6,9,12H,1-2,4-5,7-8H2,(H,17,18). The first-order chi connectivity index (χ1) is 9.66. The quantitative estimate of drug-likeness (QED) is 0.911. The van der Waals surface area contributed by atoms with Crippen LogP contribution in [0.4, 0.5) is 0 Å². The van der Waals surface area contributed by atoms with Gasteiger partial charge in [0.25, 0.3) is 0 Å². The number of thioether (sulfide) groups is 1. The number of hydrogen-bond acceptors (Lipinski definition) is 4. The first-order valence-electron chi connectivity index (χ1n) is 6.86. The summed E-state index contributed by atoms with van der Waals surface area (Å²) in [5.41, 5.74) is 1.15. The number of aliphatic carboxylic acids is 1. The van der Waals surface area contributed by atoms with E-state index in [-0.39, 0.29) is 11.2 Å². The molecule has 0 bridgehead atoms. The van der Waals surface area contributed by atoms with E-state index in [0.29, 0.717) is 19.5 Å². The summed E-state index contributed by atoms with van der Waals surface area (Å²) in [6, 6.07) is 2.05. The predicted molar refractivity (Wildman–Crippen MR) is 80.2 cm³/mol. The Morgan fingerprint density at radius 3 is 3.05 bits per heavy atom. The third kappa shape index (κ3) is 2.59. The fourth-order valence-electron chi connectivity index (χ4n) is 2.90. The largest absolute Gasteiger partial charge is 0.481 e. The summed E-state index contributed by atoms with van der Waals surface area (Å²) in [5.74, 6) is -0.112. The van der Waals surface area contributed by atoms with Gasteiger partial charge in [0.15, 0.2) is 0 Å². The van der Waals surface area contributed by atoms with E-state index >= 15 is 0 Å². The third-order valence-corrected chi connectivity index (χ3v) is 6.21. The topological polar surface area (TPSA) is 57.6 Å². The van der Waals surface area contributed by atoms with Crippen molar-refractivity contribution in [2.45, 2.75) is 24.5 Å². The van der Waals surface area contributed by atoms with Crippen molar-refractivity contribution in [2.75, 3.05) is 18.8 Å². The minimum absolute atomic E-state index is 0.0975. The summed E-state index contributed by atoms with van der Waals surface area (Å²) in [6.45, 7) is 1.06. The number of carboxylic acid groups (broad SMARTS) is 1. The van der Waals surface area contributed by atoms with Crippen molar-refractivity contribution < 1.29 is 14.7 Å². The molecule has 1 fully saturated rings. The van der Waals surface area contributed by atoms with Gasteiger partial charge in [-0.3, -0.25) is 9.59 Å². The molecule has 4 nitrogen and oxygen atoms in total. The first kappa shape index (κ1) is 13.9. The minimum Gasteiger partial charge on any atom is -0.481 e. The fraction of sp³-hybridized carbons (Fsp3) is 0.571. The lowest BCUT2D eigenvalue weighted by Crippen LogP contribution is -2.44. The molecule has 3 rings (SSSR count). The lowest BCUT2D eigenvalue weighted by atomic mass is 9.97. The first-order valence-corrected chi connectivity index (χ1v) is 8.79. The zero-order valence-electron chi connectivity index (χ0n) is 11.1. The number of thiophene rings is 1. The van der Waals surface area contributed by atoms with Gasteiger partial charge in [0.05, 0.1) is 5.92 Å². The number of carbonyl (C=O) groups is 2. The Balaban J connectivity index is 1.75. The van der Waals surface area contributed by atoms with Crippen molar-refractivity contribution in [1.82, 2.24) is 4.90 Å². The molecular formula is C14H17NO3S2. The minimum atomic E-state index is -0.782.